The third-order valence-electron chi connectivity index (χ3n) is 4.75. The Labute approximate surface area is 174 Å². The standard InChI is InChI=1S/C23H22N6O/c1-15-6-20(12-24-9-15)21-13-28-29(14-21)23(30)27-11-18-7-16(2)22(26-10-18)19-4-5-25-17(3)8-19/h4-10,12-14H,11H2,1-3H3,(H,27,30). The van der Waals surface area contributed by atoms with Crippen molar-refractivity contribution < 1.29 is 4.79 Å². The van der Waals surface area contributed by atoms with Gasteiger partial charge in [-0.05, 0) is 55.7 Å². The Balaban J connectivity index is 1.44. The van der Waals surface area contributed by atoms with Crippen LogP contribution in [0, 0.1) is 20.8 Å². The minimum absolute atomic E-state index is 0.298. The highest BCUT2D eigenvalue weighted by Crippen LogP contribution is 2.22. The molecule has 1 amide bonds. The summed E-state index contributed by atoms with van der Waals surface area (Å²) in [4.78, 5) is 25.5. The van der Waals surface area contributed by atoms with E-state index in [9.17, 15) is 4.79 Å². The fourth-order valence-corrected chi connectivity index (χ4v) is 3.28. The highest BCUT2D eigenvalue weighted by molar-refractivity contribution is 5.77. The summed E-state index contributed by atoms with van der Waals surface area (Å²) in [5, 5.41) is 7.05. The van der Waals surface area contributed by atoms with Crippen molar-refractivity contribution in [1.29, 1.82) is 0 Å². The second-order valence-corrected chi connectivity index (χ2v) is 7.28. The fraction of sp³-hybridized carbons (Fsp3) is 0.174. The lowest BCUT2D eigenvalue weighted by molar-refractivity contribution is 0.239. The number of amides is 1. The Morgan fingerprint density at radius 1 is 0.967 bits per heavy atom. The smallest absolute Gasteiger partial charge is 0.332 e. The molecule has 4 heterocycles. The molecule has 150 valence electrons. The quantitative estimate of drug-likeness (QED) is 0.560. The van der Waals surface area contributed by atoms with Crippen molar-refractivity contribution in [3.8, 4) is 22.4 Å². The molecular weight excluding hydrogens is 376 g/mol. The highest BCUT2D eigenvalue weighted by atomic mass is 16.2. The molecule has 7 heteroatoms. The van der Waals surface area contributed by atoms with Gasteiger partial charge in [-0.3, -0.25) is 15.0 Å². The molecule has 0 saturated carbocycles. The lowest BCUT2D eigenvalue weighted by Crippen LogP contribution is -2.28. The third kappa shape index (κ3) is 4.25. The molecule has 0 aliphatic rings. The van der Waals surface area contributed by atoms with E-state index in [1.54, 1.807) is 37.2 Å². The average Bonchev–Trinajstić information content (AvgIpc) is 3.22. The lowest BCUT2D eigenvalue weighted by Gasteiger charge is -2.09. The van der Waals surface area contributed by atoms with Crippen LogP contribution in [-0.2, 0) is 6.54 Å². The zero-order valence-electron chi connectivity index (χ0n) is 17.1. The summed E-state index contributed by atoms with van der Waals surface area (Å²) < 4.78 is 1.30. The monoisotopic (exact) mass is 398 g/mol. The minimum Gasteiger partial charge on any atom is -0.332 e. The molecule has 0 spiro atoms. The van der Waals surface area contributed by atoms with Gasteiger partial charge in [0.2, 0.25) is 0 Å². The molecule has 7 nitrogen and oxygen atoms in total. The van der Waals surface area contributed by atoms with Crippen molar-refractivity contribution in [1.82, 2.24) is 30.0 Å². The second-order valence-electron chi connectivity index (χ2n) is 7.28. The molecule has 0 atom stereocenters. The first-order valence-corrected chi connectivity index (χ1v) is 9.63. The summed E-state index contributed by atoms with van der Waals surface area (Å²) in [5.74, 6) is 0. The molecule has 0 aromatic carbocycles. The van der Waals surface area contributed by atoms with Crippen LogP contribution in [0.15, 0.2) is 61.4 Å². The molecule has 0 aliphatic heterocycles. The van der Waals surface area contributed by atoms with Gasteiger partial charge in [0.25, 0.3) is 0 Å². The Morgan fingerprint density at radius 3 is 2.60 bits per heavy atom. The lowest BCUT2D eigenvalue weighted by atomic mass is 10.1. The molecule has 0 saturated heterocycles. The summed E-state index contributed by atoms with van der Waals surface area (Å²) in [6, 6.07) is 7.70. The summed E-state index contributed by atoms with van der Waals surface area (Å²) in [7, 11) is 0. The van der Waals surface area contributed by atoms with Crippen molar-refractivity contribution in [2.75, 3.05) is 0 Å². The van der Waals surface area contributed by atoms with E-state index in [2.05, 4.69) is 25.4 Å². The molecule has 1 N–H and O–H groups in total. The topological polar surface area (TPSA) is 85.6 Å². The van der Waals surface area contributed by atoms with Crippen LogP contribution < -0.4 is 5.32 Å². The van der Waals surface area contributed by atoms with Crippen LogP contribution in [-0.4, -0.2) is 30.8 Å². The fourth-order valence-electron chi connectivity index (χ4n) is 3.28. The van der Waals surface area contributed by atoms with Crippen LogP contribution in [0.4, 0.5) is 4.79 Å². The Morgan fingerprint density at radius 2 is 1.83 bits per heavy atom. The number of rotatable bonds is 4. The SMILES string of the molecule is Cc1cncc(-c2cnn(C(=O)NCc3cnc(-c4ccnc(C)c4)c(C)c3)c2)c1. The van der Waals surface area contributed by atoms with E-state index in [4.69, 9.17) is 0 Å². The predicted molar refractivity (Wildman–Crippen MR) is 115 cm³/mol. The van der Waals surface area contributed by atoms with Crippen molar-refractivity contribution in [2.45, 2.75) is 27.3 Å². The largest absolute Gasteiger partial charge is 0.342 e. The van der Waals surface area contributed by atoms with E-state index in [0.29, 0.717) is 6.54 Å². The Kier molecular flexibility index (Phi) is 5.34. The Hall–Kier alpha value is -3.87. The first kappa shape index (κ1) is 19.4. The van der Waals surface area contributed by atoms with E-state index in [1.807, 2.05) is 45.0 Å². The Bertz CT molecular complexity index is 1210. The molecule has 0 unspecified atom stereocenters. The zero-order valence-corrected chi connectivity index (χ0v) is 17.1. The van der Waals surface area contributed by atoms with Gasteiger partial charge in [0, 0.05) is 59.9 Å². The number of aromatic nitrogens is 5. The number of hydrogen-bond acceptors (Lipinski definition) is 5. The van der Waals surface area contributed by atoms with Gasteiger partial charge in [-0.15, -0.1) is 0 Å². The van der Waals surface area contributed by atoms with Crippen LogP contribution in [0.1, 0.15) is 22.4 Å². The number of nitrogens with one attached hydrogen (secondary N) is 1. The molecular formula is C23H22N6O. The van der Waals surface area contributed by atoms with Gasteiger partial charge in [0.1, 0.15) is 0 Å². The summed E-state index contributed by atoms with van der Waals surface area (Å²) in [6.45, 7) is 6.31. The molecule has 0 aliphatic carbocycles. The maximum absolute atomic E-state index is 12.5. The van der Waals surface area contributed by atoms with Crippen LogP contribution in [0.3, 0.4) is 0 Å². The summed E-state index contributed by atoms with van der Waals surface area (Å²) in [5.41, 5.74) is 7.69. The molecule has 0 radical (unpaired) electrons. The van der Waals surface area contributed by atoms with Crippen LogP contribution >= 0.6 is 0 Å². The number of nitrogens with zero attached hydrogens (tertiary/aromatic N) is 5. The minimum atomic E-state index is -0.298. The number of pyridine rings is 3. The van der Waals surface area contributed by atoms with E-state index < -0.39 is 0 Å². The van der Waals surface area contributed by atoms with Gasteiger partial charge < -0.3 is 5.32 Å². The van der Waals surface area contributed by atoms with Crippen molar-refractivity contribution >= 4 is 6.03 Å². The van der Waals surface area contributed by atoms with Gasteiger partial charge in [-0.25, -0.2) is 4.79 Å². The third-order valence-corrected chi connectivity index (χ3v) is 4.75. The van der Waals surface area contributed by atoms with Gasteiger partial charge in [0.15, 0.2) is 0 Å². The van der Waals surface area contributed by atoms with E-state index in [1.165, 1.54) is 4.68 Å². The summed E-state index contributed by atoms with van der Waals surface area (Å²) in [6.07, 6.45) is 10.5. The van der Waals surface area contributed by atoms with Crippen molar-refractivity contribution in [3.63, 3.8) is 0 Å². The number of hydrogen-bond donors (Lipinski definition) is 1. The first-order valence-electron chi connectivity index (χ1n) is 9.63. The molecule has 4 aromatic heterocycles. The van der Waals surface area contributed by atoms with Gasteiger partial charge in [0.05, 0.1) is 11.9 Å². The average molecular weight is 398 g/mol. The second kappa shape index (κ2) is 8.24. The molecule has 0 fully saturated rings. The van der Waals surface area contributed by atoms with Crippen LogP contribution in [0.5, 0.6) is 0 Å². The van der Waals surface area contributed by atoms with Gasteiger partial charge >= 0.3 is 6.03 Å². The number of aryl methyl sites for hydroxylation is 3. The molecule has 0 bridgehead atoms. The first-order chi connectivity index (χ1) is 14.5. The van der Waals surface area contributed by atoms with Gasteiger partial charge in [-0.1, -0.05) is 6.07 Å². The zero-order chi connectivity index (χ0) is 21.1. The maximum atomic E-state index is 12.5. The van der Waals surface area contributed by atoms with E-state index in [0.717, 1.165) is 44.8 Å². The number of carbonyl (C=O) groups excluding carboxylic acids is 1. The normalized spacial score (nSPS) is 10.8. The molecule has 30 heavy (non-hydrogen) atoms. The molecule has 4 aromatic rings. The maximum Gasteiger partial charge on any atom is 0.342 e. The predicted octanol–water partition coefficient (Wildman–Crippen LogP) is 4.09. The van der Waals surface area contributed by atoms with Crippen molar-refractivity contribution in [2.24, 2.45) is 0 Å². The van der Waals surface area contributed by atoms with Crippen molar-refractivity contribution in [3.05, 3.63) is 83.8 Å². The van der Waals surface area contributed by atoms with E-state index >= 15 is 0 Å². The molecule has 4 rings (SSSR count). The number of carbonyl (C=O) groups is 1. The highest BCUT2D eigenvalue weighted by Gasteiger charge is 2.10. The van der Waals surface area contributed by atoms with Crippen LogP contribution in [0.25, 0.3) is 22.4 Å². The van der Waals surface area contributed by atoms with Crippen LogP contribution in [0.2, 0.25) is 0 Å². The van der Waals surface area contributed by atoms with Gasteiger partial charge in [-0.2, -0.15) is 9.78 Å². The van der Waals surface area contributed by atoms with E-state index in [-0.39, 0.29) is 6.03 Å². The summed E-state index contributed by atoms with van der Waals surface area (Å²) >= 11 is 0.